The molecule has 1 aliphatic rings. The molecular formula is C10H20N2O3S. The van der Waals surface area contributed by atoms with Crippen LogP contribution in [-0.2, 0) is 15.2 Å². The van der Waals surface area contributed by atoms with Gasteiger partial charge in [0.1, 0.15) is 0 Å². The fourth-order valence-corrected chi connectivity index (χ4v) is 1.85. The van der Waals surface area contributed by atoms with E-state index in [0.717, 1.165) is 26.2 Å². The van der Waals surface area contributed by atoms with Crippen LogP contribution in [0, 0.1) is 0 Å². The molecule has 0 amide bonds. The van der Waals surface area contributed by atoms with Crippen LogP contribution in [0.15, 0.2) is 12.4 Å². The molecule has 0 aromatic carbocycles. The maximum Gasteiger partial charge on any atom is 0.257 e. The van der Waals surface area contributed by atoms with Crippen molar-refractivity contribution in [2.75, 3.05) is 26.4 Å². The number of thiol groups is 1. The van der Waals surface area contributed by atoms with Gasteiger partial charge >= 0.3 is 0 Å². The fraction of sp³-hybridized carbons (Fsp3) is 0.800. The number of unbranched alkanes of at least 4 members (excludes halogenated alkanes) is 1. The first-order valence-electron chi connectivity index (χ1n) is 5.66. The summed E-state index contributed by atoms with van der Waals surface area (Å²) in [5.74, 6) is 0. The molecule has 1 rings (SSSR count). The van der Waals surface area contributed by atoms with Crippen molar-refractivity contribution >= 4 is 11.0 Å². The molecule has 1 aliphatic heterocycles. The lowest BCUT2D eigenvalue weighted by Crippen LogP contribution is -2.27. The Morgan fingerprint density at radius 2 is 1.81 bits per heavy atom. The highest BCUT2D eigenvalue weighted by atomic mass is 32.2. The maximum atomic E-state index is 10.1. The molecular weight excluding hydrogens is 228 g/mol. The van der Waals surface area contributed by atoms with Crippen molar-refractivity contribution in [3.63, 3.8) is 0 Å². The molecule has 1 heterocycles. The molecule has 0 fully saturated rings. The van der Waals surface area contributed by atoms with Gasteiger partial charge < -0.3 is 9.80 Å². The third-order valence-electron chi connectivity index (χ3n) is 2.44. The van der Waals surface area contributed by atoms with Gasteiger partial charge in [0.25, 0.3) is 11.0 Å². The van der Waals surface area contributed by atoms with Gasteiger partial charge in [-0.3, -0.25) is 4.18 Å². The van der Waals surface area contributed by atoms with Gasteiger partial charge in [-0.15, -0.1) is 0 Å². The lowest BCUT2D eigenvalue weighted by atomic mass is 10.3. The minimum atomic E-state index is -2.69. The summed E-state index contributed by atoms with van der Waals surface area (Å²) in [6.45, 7) is 5.29. The van der Waals surface area contributed by atoms with Crippen LogP contribution in [0.25, 0.3) is 0 Å². The van der Waals surface area contributed by atoms with E-state index < -0.39 is 11.0 Å². The first kappa shape index (κ1) is 13.3. The summed E-state index contributed by atoms with van der Waals surface area (Å²) < 4.78 is 24.8. The van der Waals surface area contributed by atoms with Gasteiger partial charge in [0.15, 0.2) is 0 Å². The average Bonchev–Trinajstić information content (AvgIpc) is 2.69. The summed E-state index contributed by atoms with van der Waals surface area (Å²) in [6.07, 6.45) is 7.28. The molecule has 0 saturated heterocycles. The van der Waals surface area contributed by atoms with Gasteiger partial charge in [0, 0.05) is 25.5 Å². The highest BCUT2D eigenvalue weighted by Crippen LogP contribution is 2.08. The second-order valence-electron chi connectivity index (χ2n) is 3.83. The van der Waals surface area contributed by atoms with Crippen LogP contribution in [0.3, 0.4) is 0 Å². The molecule has 0 aliphatic carbocycles. The average molecular weight is 248 g/mol. The van der Waals surface area contributed by atoms with Crippen LogP contribution >= 0.6 is 0 Å². The summed E-state index contributed by atoms with van der Waals surface area (Å²) in [4.78, 5) is 4.43. The Hall–Kier alpha value is -0.750. The number of nitrogens with zero attached hydrogens (tertiary/aromatic N) is 2. The molecule has 0 N–H and O–H groups in total. The number of hydrogen-bond donors (Lipinski definition) is 1. The monoisotopic (exact) mass is 248 g/mol. The predicted molar refractivity (Wildman–Crippen MR) is 63.2 cm³/mol. The van der Waals surface area contributed by atoms with Crippen LogP contribution in [-0.4, -0.2) is 44.6 Å². The van der Waals surface area contributed by atoms with E-state index in [2.05, 4.69) is 27.1 Å². The van der Waals surface area contributed by atoms with Crippen LogP contribution < -0.4 is 0 Å². The van der Waals surface area contributed by atoms with Crippen LogP contribution in [0.4, 0.5) is 0 Å². The zero-order valence-corrected chi connectivity index (χ0v) is 10.6. The molecule has 6 heteroatoms. The third-order valence-corrected chi connectivity index (χ3v) is 2.83. The molecule has 5 nitrogen and oxygen atoms in total. The molecule has 16 heavy (non-hydrogen) atoms. The van der Waals surface area contributed by atoms with Crippen molar-refractivity contribution in [3.8, 4) is 0 Å². The summed E-state index contributed by atoms with van der Waals surface area (Å²) in [7, 11) is -2.69. The van der Waals surface area contributed by atoms with Gasteiger partial charge in [-0.2, -0.15) is 0 Å². The van der Waals surface area contributed by atoms with Gasteiger partial charge in [-0.05, 0) is 12.8 Å². The second kappa shape index (κ2) is 7.51. The summed E-state index contributed by atoms with van der Waals surface area (Å²) in [5, 5.41) is 0. The van der Waals surface area contributed by atoms with Crippen molar-refractivity contribution < 1.29 is 12.6 Å². The van der Waals surface area contributed by atoms with Crippen molar-refractivity contribution in [1.29, 1.82) is 0 Å². The first-order chi connectivity index (χ1) is 7.72. The lowest BCUT2D eigenvalue weighted by Gasteiger charge is -2.20. The molecule has 0 bridgehead atoms. The van der Waals surface area contributed by atoms with E-state index in [1.807, 2.05) is 6.20 Å². The molecule has 0 radical (unpaired) electrons. The van der Waals surface area contributed by atoms with E-state index in [1.54, 1.807) is 0 Å². The summed E-state index contributed by atoms with van der Waals surface area (Å²) in [5.41, 5.74) is 0. The van der Waals surface area contributed by atoms with Crippen LogP contribution in [0.5, 0.6) is 0 Å². The van der Waals surface area contributed by atoms with Gasteiger partial charge in [0.2, 0.25) is 0 Å². The molecule has 0 aromatic rings. The zero-order chi connectivity index (χ0) is 11.8. The minimum absolute atomic E-state index is 0.276. The highest BCUT2D eigenvalue weighted by Gasteiger charge is 2.10. The number of rotatable bonds is 8. The van der Waals surface area contributed by atoms with E-state index in [-0.39, 0.29) is 6.61 Å². The topological polar surface area (TPSA) is 49.9 Å². The van der Waals surface area contributed by atoms with Crippen molar-refractivity contribution in [1.82, 2.24) is 9.80 Å². The van der Waals surface area contributed by atoms with Gasteiger partial charge in [-0.1, -0.05) is 13.3 Å². The van der Waals surface area contributed by atoms with Crippen molar-refractivity contribution in [3.05, 3.63) is 12.4 Å². The zero-order valence-electron chi connectivity index (χ0n) is 9.67. The molecule has 0 atom stereocenters. The molecule has 0 aromatic heterocycles. The lowest BCUT2D eigenvalue weighted by molar-refractivity contribution is 0.241. The van der Waals surface area contributed by atoms with Gasteiger partial charge in [0.05, 0.1) is 13.3 Å². The molecule has 0 spiro atoms. The van der Waals surface area contributed by atoms with E-state index in [0.29, 0.717) is 0 Å². The molecule has 0 unspecified atom stereocenters. The smallest absolute Gasteiger partial charge is 0.257 e. The van der Waals surface area contributed by atoms with E-state index >= 15 is 0 Å². The first-order valence-corrected chi connectivity index (χ1v) is 6.75. The Labute approximate surface area is 98.8 Å². The fourth-order valence-electron chi connectivity index (χ4n) is 1.57. The Morgan fingerprint density at radius 1 is 1.19 bits per heavy atom. The maximum absolute atomic E-state index is 10.1. The van der Waals surface area contributed by atoms with E-state index in [1.165, 1.54) is 12.8 Å². The van der Waals surface area contributed by atoms with Crippen LogP contribution in [0.1, 0.15) is 26.2 Å². The largest absolute Gasteiger partial charge is 0.359 e. The van der Waals surface area contributed by atoms with Gasteiger partial charge in [-0.25, -0.2) is 8.42 Å². The Balaban J connectivity index is 2.06. The highest BCUT2D eigenvalue weighted by molar-refractivity contribution is 7.67. The molecule has 0 saturated carbocycles. The Morgan fingerprint density at radius 3 is 2.38 bits per heavy atom. The molecule has 94 valence electrons. The Kier molecular flexibility index (Phi) is 6.25. The van der Waals surface area contributed by atoms with Crippen molar-refractivity contribution in [2.24, 2.45) is 0 Å². The third kappa shape index (κ3) is 5.37. The SMILES string of the molecule is CCCCN1C=CN(CCCO[SH](=O)=O)C1. The Bertz CT molecular complexity index is 284. The van der Waals surface area contributed by atoms with E-state index in [9.17, 15) is 8.42 Å². The van der Waals surface area contributed by atoms with E-state index in [4.69, 9.17) is 0 Å². The summed E-state index contributed by atoms with van der Waals surface area (Å²) in [6, 6.07) is 0. The quantitative estimate of drug-likeness (QED) is 0.508. The minimum Gasteiger partial charge on any atom is -0.359 e. The predicted octanol–water partition coefficient (Wildman–Crippen LogP) is 0.766. The van der Waals surface area contributed by atoms with Crippen LogP contribution in [0.2, 0.25) is 0 Å². The van der Waals surface area contributed by atoms with Crippen molar-refractivity contribution in [2.45, 2.75) is 26.2 Å². The summed E-state index contributed by atoms with van der Waals surface area (Å²) >= 11 is 0. The standard InChI is InChI=1S/C10H20N2O3S/c1-2-3-5-11-7-8-12(10-11)6-4-9-15-16(13)14/h7-8,16H,2-6,9-10H2,1H3. The normalized spacial score (nSPS) is 15.4. The second-order valence-corrected chi connectivity index (χ2v) is 4.53. The number of hydrogen-bond acceptors (Lipinski definition) is 5.